The van der Waals surface area contributed by atoms with E-state index >= 15 is 8.78 Å². The molecule has 6 unspecified atom stereocenters. The number of aliphatic hydroxyl groups is 1. The van der Waals surface area contributed by atoms with Crippen molar-refractivity contribution in [3.05, 3.63) is 53.6 Å². The standard InChI is InChI=1S/C32H39F2NO5/c1-18-6-8-21(9-7-18)35(5)16-20-12-23-24-14-26(33)25-13-22(37)10-11-31(25,4)32(24,34)28(39)15-30(23,3)29(20)27(38)17-40-19(2)36/h6-11,13,20,23-24,26,28-29,39H,12,14-17H2,1-5H3/t20-,23?,24?,26-,28?,29?,30?,31?,32-/m0/s1. The number of hydrogen-bond donors (Lipinski definition) is 1. The number of nitrogens with zero attached hydrogens (tertiary/aromatic N) is 1. The smallest absolute Gasteiger partial charge is 0.303 e. The third-order valence-corrected chi connectivity index (χ3v) is 10.5. The summed E-state index contributed by atoms with van der Waals surface area (Å²) in [7, 11) is 1.94. The van der Waals surface area contributed by atoms with E-state index in [2.05, 4.69) is 4.90 Å². The zero-order chi connectivity index (χ0) is 29.2. The number of fused-ring (bicyclic) bond motifs is 5. The molecule has 4 aliphatic carbocycles. The molecule has 1 aromatic carbocycles. The second kappa shape index (κ2) is 9.89. The molecule has 0 aromatic heterocycles. The van der Waals surface area contributed by atoms with Crippen molar-refractivity contribution < 1.29 is 33.0 Å². The van der Waals surface area contributed by atoms with Crippen molar-refractivity contribution in [3.63, 3.8) is 0 Å². The first kappa shape index (κ1) is 28.7. The van der Waals surface area contributed by atoms with E-state index in [4.69, 9.17) is 4.74 Å². The lowest BCUT2D eigenvalue weighted by Gasteiger charge is -2.62. The van der Waals surface area contributed by atoms with Crippen LogP contribution < -0.4 is 4.90 Å². The number of anilines is 1. The van der Waals surface area contributed by atoms with Gasteiger partial charge >= 0.3 is 5.97 Å². The largest absolute Gasteiger partial charge is 0.458 e. The van der Waals surface area contributed by atoms with Gasteiger partial charge in [0.1, 0.15) is 12.8 Å². The van der Waals surface area contributed by atoms with Crippen LogP contribution in [0, 0.1) is 41.4 Å². The van der Waals surface area contributed by atoms with E-state index in [1.165, 1.54) is 25.2 Å². The number of halogens is 2. The summed E-state index contributed by atoms with van der Waals surface area (Å²) in [5.41, 5.74) is -2.34. The summed E-state index contributed by atoms with van der Waals surface area (Å²) in [5, 5.41) is 11.6. The number of aliphatic hydroxyl groups excluding tert-OH is 1. The van der Waals surface area contributed by atoms with Crippen LogP contribution in [0.2, 0.25) is 0 Å². The van der Waals surface area contributed by atoms with Crippen LogP contribution in [0.1, 0.15) is 45.6 Å². The van der Waals surface area contributed by atoms with Gasteiger partial charge in [-0.25, -0.2) is 8.78 Å². The van der Waals surface area contributed by atoms with Crippen molar-refractivity contribution in [1.29, 1.82) is 0 Å². The van der Waals surface area contributed by atoms with Crippen LogP contribution in [0.15, 0.2) is 48.1 Å². The molecule has 0 bridgehead atoms. The average Bonchev–Trinajstić information content (AvgIpc) is 3.17. The lowest BCUT2D eigenvalue weighted by Crippen LogP contribution is -2.68. The normalized spacial score (nSPS) is 40.0. The summed E-state index contributed by atoms with van der Waals surface area (Å²) in [4.78, 5) is 39.4. The van der Waals surface area contributed by atoms with Gasteiger partial charge in [0.15, 0.2) is 17.2 Å². The first-order valence-electron chi connectivity index (χ1n) is 14.1. The number of hydrogen-bond acceptors (Lipinski definition) is 6. The monoisotopic (exact) mass is 555 g/mol. The second-order valence-corrected chi connectivity index (χ2v) is 12.9. The summed E-state index contributed by atoms with van der Waals surface area (Å²) < 4.78 is 38.4. The molecule has 3 fully saturated rings. The molecule has 8 heteroatoms. The van der Waals surface area contributed by atoms with Crippen LogP contribution in [0.5, 0.6) is 0 Å². The van der Waals surface area contributed by atoms with Gasteiger partial charge in [0.25, 0.3) is 0 Å². The summed E-state index contributed by atoms with van der Waals surface area (Å²) in [6.07, 6.45) is 1.17. The Balaban J connectivity index is 1.54. The Labute approximate surface area is 234 Å². The zero-order valence-electron chi connectivity index (χ0n) is 23.8. The van der Waals surface area contributed by atoms with Crippen LogP contribution in [0.3, 0.4) is 0 Å². The molecule has 3 saturated carbocycles. The Kier molecular flexibility index (Phi) is 7.09. The van der Waals surface area contributed by atoms with E-state index in [9.17, 15) is 19.5 Å². The number of esters is 1. The highest BCUT2D eigenvalue weighted by Crippen LogP contribution is 2.70. The maximum atomic E-state index is 17.5. The molecule has 0 spiro atoms. The summed E-state index contributed by atoms with van der Waals surface area (Å²) in [6.45, 7) is 6.83. The van der Waals surface area contributed by atoms with Crippen molar-refractivity contribution in [2.75, 3.05) is 25.1 Å². The molecule has 6 nitrogen and oxygen atoms in total. The second-order valence-electron chi connectivity index (χ2n) is 12.9. The molecule has 0 saturated heterocycles. The lowest BCUT2D eigenvalue weighted by molar-refractivity contribution is -0.202. The van der Waals surface area contributed by atoms with Gasteiger partial charge in [-0.2, -0.15) is 0 Å². The molecule has 0 amide bonds. The molecule has 4 aliphatic rings. The van der Waals surface area contributed by atoms with Crippen LogP contribution in [0.25, 0.3) is 0 Å². The fourth-order valence-corrected chi connectivity index (χ4v) is 8.72. The topological polar surface area (TPSA) is 83.9 Å². The number of allylic oxidation sites excluding steroid dienone is 4. The van der Waals surface area contributed by atoms with Gasteiger partial charge in [-0.3, -0.25) is 14.4 Å². The van der Waals surface area contributed by atoms with Crippen LogP contribution in [-0.4, -0.2) is 60.8 Å². The molecular weight excluding hydrogens is 516 g/mol. The van der Waals surface area contributed by atoms with E-state index in [-0.39, 0.29) is 35.9 Å². The number of benzene rings is 1. The predicted molar refractivity (Wildman–Crippen MR) is 147 cm³/mol. The molecule has 0 heterocycles. The molecule has 0 radical (unpaired) electrons. The maximum Gasteiger partial charge on any atom is 0.303 e. The van der Waals surface area contributed by atoms with E-state index in [0.717, 1.165) is 11.3 Å². The molecular formula is C32H39F2NO5. The lowest BCUT2D eigenvalue weighted by atomic mass is 9.45. The molecule has 5 rings (SSSR count). The van der Waals surface area contributed by atoms with Crippen molar-refractivity contribution in [1.82, 2.24) is 0 Å². The first-order chi connectivity index (χ1) is 18.7. The van der Waals surface area contributed by atoms with Crippen LogP contribution in [0.4, 0.5) is 14.5 Å². The Bertz CT molecular complexity index is 1280. The maximum absolute atomic E-state index is 17.5. The van der Waals surface area contributed by atoms with Gasteiger partial charge in [0.05, 0.1) is 6.10 Å². The third-order valence-electron chi connectivity index (χ3n) is 10.5. The van der Waals surface area contributed by atoms with Crippen molar-refractivity contribution >= 4 is 23.2 Å². The zero-order valence-corrected chi connectivity index (χ0v) is 23.8. The van der Waals surface area contributed by atoms with Gasteiger partial charge in [-0.15, -0.1) is 0 Å². The minimum Gasteiger partial charge on any atom is -0.458 e. The third kappa shape index (κ3) is 4.25. The number of ether oxygens (including phenoxy) is 1. The van der Waals surface area contributed by atoms with Crippen molar-refractivity contribution in [2.45, 2.75) is 64.9 Å². The van der Waals surface area contributed by atoms with E-state index in [1.807, 2.05) is 45.2 Å². The van der Waals surface area contributed by atoms with E-state index in [1.54, 1.807) is 6.92 Å². The van der Waals surface area contributed by atoms with Crippen LogP contribution >= 0.6 is 0 Å². The number of carbonyl (C=O) groups excluding carboxylic acids is 3. The molecule has 1 aromatic rings. The molecule has 1 N–H and O–H groups in total. The molecule has 40 heavy (non-hydrogen) atoms. The quantitative estimate of drug-likeness (QED) is 0.512. The highest BCUT2D eigenvalue weighted by molar-refractivity contribution is 6.01. The SMILES string of the molecule is CC(=O)OCC(=O)C1[C@H](CN(C)c2ccc(C)cc2)CC2C3C[C@H](F)C4=CC(=O)C=CC4(C)[C@@]3(F)C(O)CC21C. The fourth-order valence-electron chi connectivity index (χ4n) is 8.72. The van der Waals surface area contributed by atoms with Gasteiger partial charge in [0.2, 0.25) is 0 Å². The highest BCUT2D eigenvalue weighted by Gasteiger charge is 2.73. The fraction of sp³-hybridized carbons (Fsp3) is 0.594. The van der Waals surface area contributed by atoms with Gasteiger partial charge in [-0.1, -0.05) is 30.7 Å². The number of aryl methyl sites for hydroxylation is 1. The minimum atomic E-state index is -2.20. The molecule has 0 aliphatic heterocycles. The summed E-state index contributed by atoms with van der Waals surface area (Å²) in [6, 6.07) is 8.03. The number of carbonyl (C=O) groups is 3. The molecule has 9 atom stereocenters. The van der Waals surface area contributed by atoms with E-state index < -0.39 is 59.1 Å². The Morgan fingerprint density at radius 3 is 2.48 bits per heavy atom. The van der Waals surface area contributed by atoms with Gasteiger partial charge in [0, 0.05) is 43.5 Å². The van der Waals surface area contributed by atoms with Crippen molar-refractivity contribution in [2.24, 2.45) is 34.5 Å². The highest BCUT2D eigenvalue weighted by atomic mass is 19.1. The predicted octanol–water partition coefficient (Wildman–Crippen LogP) is 4.72. The minimum absolute atomic E-state index is 0.00744. The van der Waals surface area contributed by atoms with Gasteiger partial charge in [-0.05, 0) is 80.2 Å². The average molecular weight is 556 g/mol. The Morgan fingerprint density at radius 2 is 1.82 bits per heavy atom. The first-order valence-corrected chi connectivity index (χ1v) is 14.1. The summed E-state index contributed by atoms with van der Waals surface area (Å²) in [5.74, 6) is -3.32. The van der Waals surface area contributed by atoms with Crippen molar-refractivity contribution in [3.8, 4) is 0 Å². The summed E-state index contributed by atoms with van der Waals surface area (Å²) >= 11 is 0. The van der Waals surface area contributed by atoms with E-state index in [0.29, 0.717) is 13.0 Å². The number of ketones is 2. The number of alkyl halides is 2. The Morgan fingerprint density at radius 1 is 1.15 bits per heavy atom. The number of rotatable bonds is 6. The van der Waals surface area contributed by atoms with Gasteiger partial charge < -0.3 is 14.7 Å². The van der Waals surface area contributed by atoms with Crippen LogP contribution in [-0.2, 0) is 19.1 Å². The molecule has 216 valence electrons. The Hall–Kier alpha value is -2.87. The number of Topliss-reactive ketones (excluding diaryl/α,β-unsaturated/α-hetero) is 1.